The quantitative estimate of drug-likeness (QED) is 0.790. The highest BCUT2D eigenvalue weighted by Gasteiger charge is 2.16. The van der Waals surface area contributed by atoms with Crippen molar-refractivity contribution in [2.75, 3.05) is 0 Å². The second-order valence-corrected chi connectivity index (χ2v) is 7.04. The number of carboxylic acids is 1. The summed E-state index contributed by atoms with van der Waals surface area (Å²) in [5.74, 6) is -1.07. The molecule has 0 spiro atoms. The summed E-state index contributed by atoms with van der Waals surface area (Å²) in [7, 11) is 0. The number of benzene rings is 1. The summed E-state index contributed by atoms with van der Waals surface area (Å²) in [6.07, 6.45) is 0.457. The highest BCUT2D eigenvalue weighted by molar-refractivity contribution is 5.98. The van der Waals surface area contributed by atoms with Gasteiger partial charge in [-0.05, 0) is 36.5 Å². The van der Waals surface area contributed by atoms with Gasteiger partial charge in [0.1, 0.15) is 5.69 Å². The molecule has 0 aliphatic carbocycles. The second kappa shape index (κ2) is 6.44. The predicted octanol–water partition coefficient (Wildman–Crippen LogP) is 3.45. The Labute approximate surface area is 136 Å². The molecule has 2 rings (SSSR count). The minimum Gasteiger partial charge on any atom is -0.481 e. The highest BCUT2D eigenvalue weighted by Crippen LogP contribution is 2.26. The first-order chi connectivity index (χ1) is 10.7. The molecule has 0 radical (unpaired) electrons. The Hall–Kier alpha value is -2.30. The molecule has 0 fully saturated rings. The van der Waals surface area contributed by atoms with Crippen molar-refractivity contribution in [1.82, 2.24) is 10.3 Å². The Balaban J connectivity index is 2.13. The number of carbonyl (C=O) groups is 2. The fourth-order valence-electron chi connectivity index (χ4n) is 2.43. The number of hydrogen-bond acceptors (Lipinski definition) is 2. The normalized spacial score (nSPS) is 13.0. The van der Waals surface area contributed by atoms with Crippen molar-refractivity contribution in [2.24, 2.45) is 0 Å². The molecular formula is C18H24N2O3. The van der Waals surface area contributed by atoms with Gasteiger partial charge in [-0.1, -0.05) is 32.9 Å². The summed E-state index contributed by atoms with van der Waals surface area (Å²) in [6, 6.07) is 7.79. The number of aromatic amines is 1. The summed E-state index contributed by atoms with van der Waals surface area (Å²) in [4.78, 5) is 26.0. The summed E-state index contributed by atoms with van der Waals surface area (Å²) in [5.41, 5.74) is 2.68. The predicted molar refractivity (Wildman–Crippen MR) is 90.8 cm³/mol. The average Bonchev–Trinajstić information content (AvgIpc) is 2.87. The molecule has 3 N–H and O–H groups in total. The lowest BCUT2D eigenvalue weighted by molar-refractivity contribution is -0.137. The largest absolute Gasteiger partial charge is 0.481 e. The summed E-state index contributed by atoms with van der Waals surface area (Å²) in [5, 5.41) is 12.5. The Bertz CT molecular complexity index is 725. The van der Waals surface area contributed by atoms with Crippen molar-refractivity contribution in [2.45, 2.75) is 52.0 Å². The van der Waals surface area contributed by atoms with E-state index in [1.54, 1.807) is 6.92 Å². The van der Waals surface area contributed by atoms with Crippen LogP contribution in [0.1, 0.15) is 56.6 Å². The van der Waals surface area contributed by atoms with Gasteiger partial charge in [-0.25, -0.2) is 0 Å². The molecule has 1 amide bonds. The van der Waals surface area contributed by atoms with E-state index in [4.69, 9.17) is 5.11 Å². The number of aromatic nitrogens is 1. The zero-order valence-corrected chi connectivity index (χ0v) is 14.1. The number of H-pyrrole nitrogens is 1. The van der Waals surface area contributed by atoms with Gasteiger partial charge in [0, 0.05) is 23.4 Å². The molecule has 1 aromatic carbocycles. The van der Waals surface area contributed by atoms with Crippen molar-refractivity contribution in [3.05, 3.63) is 35.5 Å². The maximum absolute atomic E-state index is 12.3. The van der Waals surface area contributed by atoms with E-state index < -0.39 is 5.97 Å². The molecule has 0 bridgehead atoms. The van der Waals surface area contributed by atoms with Crippen molar-refractivity contribution in [3.63, 3.8) is 0 Å². The van der Waals surface area contributed by atoms with Crippen molar-refractivity contribution in [1.29, 1.82) is 0 Å². The van der Waals surface area contributed by atoms with E-state index in [9.17, 15) is 9.59 Å². The third-order valence-electron chi connectivity index (χ3n) is 3.90. The monoisotopic (exact) mass is 316 g/mol. The molecule has 23 heavy (non-hydrogen) atoms. The van der Waals surface area contributed by atoms with Gasteiger partial charge in [-0.2, -0.15) is 0 Å². The van der Waals surface area contributed by atoms with Crippen LogP contribution in [0.5, 0.6) is 0 Å². The molecule has 124 valence electrons. The summed E-state index contributed by atoms with van der Waals surface area (Å²) >= 11 is 0. The second-order valence-electron chi connectivity index (χ2n) is 7.04. The average molecular weight is 316 g/mol. The number of carboxylic acid groups (broad SMARTS) is 1. The summed E-state index contributed by atoms with van der Waals surface area (Å²) in [6.45, 7) is 8.25. The van der Waals surface area contributed by atoms with Crippen LogP contribution in [0.25, 0.3) is 10.9 Å². The van der Waals surface area contributed by atoms with Crippen LogP contribution in [-0.4, -0.2) is 28.0 Å². The topological polar surface area (TPSA) is 82.2 Å². The third-order valence-corrected chi connectivity index (χ3v) is 3.90. The number of rotatable bonds is 5. The molecule has 1 heterocycles. The number of amides is 1. The fourth-order valence-corrected chi connectivity index (χ4v) is 2.43. The SMILES string of the molecule is CC(CCC(=O)O)NC(=O)c1cc2ccc(C(C)(C)C)cc2[nH]1. The molecule has 5 nitrogen and oxygen atoms in total. The first-order valence-corrected chi connectivity index (χ1v) is 7.83. The first-order valence-electron chi connectivity index (χ1n) is 7.83. The Morgan fingerprint density at radius 1 is 1.26 bits per heavy atom. The van der Waals surface area contributed by atoms with E-state index >= 15 is 0 Å². The molecule has 0 saturated carbocycles. The van der Waals surface area contributed by atoms with E-state index in [-0.39, 0.29) is 23.8 Å². The number of carbonyl (C=O) groups excluding carboxylic acids is 1. The maximum Gasteiger partial charge on any atom is 0.303 e. The lowest BCUT2D eigenvalue weighted by atomic mass is 9.87. The molecule has 0 aliphatic rings. The van der Waals surface area contributed by atoms with Crippen LogP contribution in [-0.2, 0) is 10.2 Å². The Kier molecular flexibility index (Phi) is 4.78. The minimum atomic E-state index is -0.855. The van der Waals surface area contributed by atoms with E-state index in [2.05, 4.69) is 43.2 Å². The number of nitrogens with one attached hydrogen (secondary N) is 2. The molecule has 1 aromatic heterocycles. The molecule has 1 unspecified atom stereocenters. The third kappa shape index (κ3) is 4.34. The first kappa shape index (κ1) is 17.1. The number of aliphatic carboxylic acids is 1. The lowest BCUT2D eigenvalue weighted by Crippen LogP contribution is -2.33. The van der Waals surface area contributed by atoms with Gasteiger partial charge in [-0.15, -0.1) is 0 Å². The van der Waals surface area contributed by atoms with Gasteiger partial charge >= 0.3 is 5.97 Å². The molecule has 2 aromatic rings. The van der Waals surface area contributed by atoms with Crippen LogP contribution >= 0.6 is 0 Å². The smallest absolute Gasteiger partial charge is 0.303 e. The van der Waals surface area contributed by atoms with Crippen LogP contribution in [0.3, 0.4) is 0 Å². The van der Waals surface area contributed by atoms with Crippen molar-refractivity contribution >= 4 is 22.8 Å². The van der Waals surface area contributed by atoms with Gasteiger partial charge in [0.15, 0.2) is 0 Å². The zero-order valence-electron chi connectivity index (χ0n) is 14.1. The molecule has 0 aliphatic heterocycles. The van der Waals surface area contributed by atoms with Crippen LogP contribution in [0, 0.1) is 0 Å². The van der Waals surface area contributed by atoms with Crippen LogP contribution in [0.4, 0.5) is 0 Å². The molecular weight excluding hydrogens is 292 g/mol. The van der Waals surface area contributed by atoms with E-state index in [0.717, 1.165) is 10.9 Å². The van der Waals surface area contributed by atoms with Gasteiger partial charge < -0.3 is 15.4 Å². The number of hydrogen-bond donors (Lipinski definition) is 3. The van der Waals surface area contributed by atoms with Gasteiger partial charge in [0.25, 0.3) is 5.91 Å². The maximum atomic E-state index is 12.3. The van der Waals surface area contributed by atoms with Crippen molar-refractivity contribution < 1.29 is 14.7 Å². The summed E-state index contributed by atoms with van der Waals surface area (Å²) < 4.78 is 0. The molecule has 0 saturated heterocycles. The van der Waals surface area contributed by atoms with E-state index in [1.165, 1.54) is 5.56 Å². The fraction of sp³-hybridized carbons (Fsp3) is 0.444. The van der Waals surface area contributed by atoms with Gasteiger partial charge in [0.05, 0.1) is 0 Å². The van der Waals surface area contributed by atoms with Gasteiger partial charge in [-0.3, -0.25) is 9.59 Å². The van der Waals surface area contributed by atoms with Crippen molar-refractivity contribution in [3.8, 4) is 0 Å². The molecule has 1 atom stereocenters. The van der Waals surface area contributed by atoms with Crippen LogP contribution < -0.4 is 5.32 Å². The van der Waals surface area contributed by atoms with E-state index in [1.807, 2.05) is 12.1 Å². The Morgan fingerprint density at radius 3 is 2.57 bits per heavy atom. The molecule has 5 heteroatoms. The highest BCUT2D eigenvalue weighted by atomic mass is 16.4. The minimum absolute atomic E-state index is 0.0447. The van der Waals surface area contributed by atoms with E-state index in [0.29, 0.717) is 12.1 Å². The standard InChI is InChI=1S/C18H24N2O3/c1-11(5-8-16(21)22)19-17(23)15-9-12-6-7-13(18(2,3)4)10-14(12)20-15/h6-7,9-11,20H,5,8H2,1-4H3,(H,19,23)(H,21,22). The Morgan fingerprint density at radius 2 is 1.96 bits per heavy atom. The van der Waals surface area contributed by atoms with Gasteiger partial charge in [0.2, 0.25) is 0 Å². The lowest BCUT2D eigenvalue weighted by Gasteiger charge is -2.18. The zero-order chi connectivity index (χ0) is 17.2. The van der Waals surface area contributed by atoms with Crippen LogP contribution in [0.15, 0.2) is 24.3 Å². The van der Waals surface area contributed by atoms with Crippen LogP contribution in [0.2, 0.25) is 0 Å². The number of fused-ring (bicyclic) bond motifs is 1.